The summed E-state index contributed by atoms with van der Waals surface area (Å²) in [5, 5.41) is 24.5. The van der Waals surface area contributed by atoms with E-state index in [1.807, 2.05) is 26.8 Å². The minimum Gasteiger partial charge on any atom is -0.493 e. The molecule has 0 unspecified atom stereocenters. The van der Waals surface area contributed by atoms with Gasteiger partial charge < -0.3 is 10.2 Å². The van der Waals surface area contributed by atoms with E-state index in [4.69, 9.17) is 4.98 Å². The number of aromatic nitrogens is 5. The molecular formula is C24H26FN5O3. The maximum Gasteiger partial charge on any atom is 0.350 e. The quantitative estimate of drug-likeness (QED) is 0.479. The number of aliphatic hydroxyl groups is 1. The van der Waals surface area contributed by atoms with E-state index in [1.54, 1.807) is 26.1 Å². The van der Waals surface area contributed by atoms with Crippen LogP contribution in [0.5, 0.6) is 5.88 Å². The third kappa shape index (κ3) is 3.68. The summed E-state index contributed by atoms with van der Waals surface area (Å²) >= 11 is 0. The van der Waals surface area contributed by atoms with Crippen molar-refractivity contribution in [3.8, 4) is 22.8 Å². The third-order valence-corrected chi connectivity index (χ3v) is 5.90. The molecule has 4 rings (SSSR count). The molecule has 0 fully saturated rings. The van der Waals surface area contributed by atoms with Crippen LogP contribution in [0.2, 0.25) is 0 Å². The Labute approximate surface area is 190 Å². The molecule has 2 N–H and O–H groups in total. The molecule has 33 heavy (non-hydrogen) atoms. The summed E-state index contributed by atoms with van der Waals surface area (Å²) in [5.41, 5.74) is 3.63. The number of aliphatic hydroxyl groups excluding tert-OH is 1. The second kappa shape index (κ2) is 8.40. The van der Waals surface area contributed by atoms with Gasteiger partial charge in [0.05, 0.1) is 11.2 Å². The number of halogens is 1. The van der Waals surface area contributed by atoms with Crippen molar-refractivity contribution in [3.05, 3.63) is 63.2 Å². The van der Waals surface area contributed by atoms with E-state index in [9.17, 15) is 15.0 Å². The first-order chi connectivity index (χ1) is 15.7. The molecule has 172 valence electrons. The molecule has 0 atom stereocenters. The van der Waals surface area contributed by atoms with E-state index in [0.717, 1.165) is 21.4 Å². The zero-order valence-corrected chi connectivity index (χ0v) is 19.2. The molecule has 1 aromatic carbocycles. The average Bonchev–Trinajstić information content (AvgIpc) is 3.10. The van der Waals surface area contributed by atoms with Gasteiger partial charge >= 0.3 is 5.69 Å². The topological polar surface area (TPSA) is 106 Å². The van der Waals surface area contributed by atoms with Crippen LogP contribution in [0.4, 0.5) is 4.39 Å². The summed E-state index contributed by atoms with van der Waals surface area (Å²) in [6.07, 6.45) is 1.58. The minimum absolute atomic E-state index is 0.000216. The fourth-order valence-electron chi connectivity index (χ4n) is 4.18. The number of aromatic hydroxyl groups is 1. The maximum absolute atomic E-state index is 15.3. The Kier molecular flexibility index (Phi) is 5.75. The Hall–Kier alpha value is -3.59. The minimum atomic E-state index is -0.653. The number of benzene rings is 1. The monoisotopic (exact) mass is 451 g/mol. The second-order valence-electron chi connectivity index (χ2n) is 8.35. The largest absolute Gasteiger partial charge is 0.493 e. The van der Waals surface area contributed by atoms with Crippen molar-refractivity contribution in [2.45, 2.75) is 53.7 Å². The first-order valence-electron chi connectivity index (χ1n) is 10.8. The Morgan fingerprint density at radius 1 is 1.18 bits per heavy atom. The predicted molar refractivity (Wildman–Crippen MR) is 123 cm³/mol. The maximum atomic E-state index is 15.3. The zero-order valence-electron chi connectivity index (χ0n) is 19.2. The highest BCUT2D eigenvalue weighted by Gasteiger charge is 2.20. The molecule has 0 aliphatic heterocycles. The smallest absolute Gasteiger partial charge is 0.350 e. The zero-order chi connectivity index (χ0) is 24.0. The highest BCUT2D eigenvalue weighted by Crippen LogP contribution is 2.35. The number of rotatable bonds is 5. The molecule has 0 amide bonds. The lowest BCUT2D eigenvalue weighted by molar-refractivity contribution is 0.264. The van der Waals surface area contributed by atoms with Crippen LogP contribution in [0.15, 0.2) is 29.2 Å². The van der Waals surface area contributed by atoms with Gasteiger partial charge in [-0.25, -0.2) is 19.2 Å². The van der Waals surface area contributed by atoms with Gasteiger partial charge in [0.1, 0.15) is 12.3 Å². The molecule has 3 heterocycles. The van der Waals surface area contributed by atoms with Crippen LogP contribution in [0.1, 0.15) is 49.2 Å². The molecule has 3 aromatic heterocycles. The van der Waals surface area contributed by atoms with Crippen molar-refractivity contribution in [2.75, 3.05) is 0 Å². The highest BCUT2D eigenvalue weighted by molar-refractivity contribution is 5.88. The molecular weight excluding hydrogens is 425 g/mol. The Morgan fingerprint density at radius 3 is 2.52 bits per heavy atom. The molecule has 0 saturated carbocycles. The Bertz CT molecular complexity index is 1440. The van der Waals surface area contributed by atoms with Gasteiger partial charge in [-0.15, -0.1) is 5.10 Å². The van der Waals surface area contributed by atoms with Crippen LogP contribution in [-0.2, 0) is 13.2 Å². The number of hydrogen-bond acceptors (Lipinski definition) is 6. The standard InChI is InChI=1S/C24H26FN5O3/c1-6-29-21(11-31)28-30(24(29)33)20-8-16-15(12(2)3)7-19(27-18(16)9-17(20)25)22-13(4)10-26-23(32)14(22)5/h7-10,12,31H,6,11H2,1-5H3,(H,26,32). The van der Waals surface area contributed by atoms with Crippen LogP contribution >= 0.6 is 0 Å². The fourth-order valence-corrected chi connectivity index (χ4v) is 4.18. The van der Waals surface area contributed by atoms with Crippen molar-refractivity contribution in [3.63, 3.8) is 0 Å². The van der Waals surface area contributed by atoms with E-state index >= 15 is 4.39 Å². The summed E-state index contributed by atoms with van der Waals surface area (Å²) in [6.45, 7) is 9.33. The number of pyridine rings is 2. The summed E-state index contributed by atoms with van der Waals surface area (Å²) in [7, 11) is 0. The van der Waals surface area contributed by atoms with Crippen molar-refractivity contribution < 1.29 is 14.6 Å². The lowest BCUT2D eigenvalue weighted by Gasteiger charge is -2.16. The van der Waals surface area contributed by atoms with E-state index in [-0.39, 0.29) is 23.3 Å². The first-order valence-corrected chi connectivity index (χ1v) is 10.8. The second-order valence-corrected chi connectivity index (χ2v) is 8.35. The van der Waals surface area contributed by atoms with Crippen molar-refractivity contribution in [1.82, 2.24) is 24.3 Å². The summed E-state index contributed by atoms with van der Waals surface area (Å²) in [6, 6.07) is 4.80. The SMILES string of the molecule is CCn1c(CO)nn(-c2cc3c(C(C)C)cc(-c4c(C)cnc(O)c4C)nc3cc2F)c1=O. The van der Waals surface area contributed by atoms with E-state index < -0.39 is 18.1 Å². The molecule has 4 aromatic rings. The average molecular weight is 452 g/mol. The molecule has 0 radical (unpaired) electrons. The van der Waals surface area contributed by atoms with E-state index in [0.29, 0.717) is 28.7 Å². The van der Waals surface area contributed by atoms with E-state index in [2.05, 4.69) is 10.1 Å². The summed E-state index contributed by atoms with van der Waals surface area (Å²) in [5.74, 6) is -0.486. The van der Waals surface area contributed by atoms with Crippen LogP contribution in [-0.4, -0.2) is 34.5 Å². The highest BCUT2D eigenvalue weighted by atomic mass is 19.1. The van der Waals surface area contributed by atoms with Gasteiger partial charge in [-0.3, -0.25) is 4.57 Å². The van der Waals surface area contributed by atoms with Crippen LogP contribution in [0.3, 0.4) is 0 Å². The van der Waals surface area contributed by atoms with Crippen molar-refractivity contribution in [1.29, 1.82) is 0 Å². The van der Waals surface area contributed by atoms with Gasteiger partial charge in [0, 0.05) is 35.3 Å². The molecule has 0 spiro atoms. The van der Waals surface area contributed by atoms with Crippen molar-refractivity contribution >= 4 is 10.9 Å². The molecule has 0 aliphatic rings. The lowest BCUT2D eigenvalue weighted by Crippen LogP contribution is -2.24. The number of nitrogens with zero attached hydrogens (tertiary/aromatic N) is 5. The fraction of sp³-hybridized carbons (Fsp3) is 0.333. The number of fused-ring (bicyclic) bond motifs is 1. The summed E-state index contributed by atoms with van der Waals surface area (Å²) < 4.78 is 17.5. The molecule has 9 heteroatoms. The van der Waals surface area contributed by atoms with Crippen molar-refractivity contribution in [2.24, 2.45) is 0 Å². The molecule has 0 aliphatic carbocycles. The molecule has 0 bridgehead atoms. The van der Waals surface area contributed by atoms with Gasteiger partial charge in [-0.2, -0.15) is 4.68 Å². The summed E-state index contributed by atoms with van der Waals surface area (Å²) in [4.78, 5) is 21.4. The molecule has 0 saturated heterocycles. The van der Waals surface area contributed by atoms with E-state index in [1.165, 1.54) is 10.6 Å². The van der Waals surface area contributed by atoms with Gasteiger partial charge in [-0.1, -0.05) is 13.8 Å². The normalized spacial score (nSPS) is 11.6. The molecule has 8 nitrogen and oxygen atoms in total. The Balaban J connectivity index is 2.01. The van der Waals surface area contributed by atoms with Gasteiger partial charge in [0.2, 0.25) is 5.88 Å². The van der Waals surface area contributed by atoms with Crippen LogP contribution in [0, 0.1) is 19.7 Å². The lowest BCUT2D eigenvalue weighted by atomic mass is 9.94. The van der Waals surface area contributed by atoms with Gasteiger partial charge in [0.25, 0.3) is 0 Å². The number of hydrogen-bond donors (Lipinski definition) is 2. The van der Waals surface area contributed by atoms with Gasteiger partial charge in [-0.05, 0) is 49.9 Å². The van der Waals surface area contributed by atoms with Crippen LogP contribution < -0.4 is 5.69 Å². The Morgan fingerprint density at radius 2 is 1.91 bits per heavy atom. The number of aryl methyl sites for hydroxylation is 1. The third-order valence-electron chi connectivity index (χ3n) is 5.90. The van der Waals surface area contributed by atoms with Crippen LogP contribution in [0.25, 0.3) is 27.8 Å². The predicted octanol–water partition coefficient (Wildman–Crippen LogP) is 3.74. The van der Waals surface area contributed by atoms with Gasteiger partial charge in [0.15, 0.2) is 11.6 Å². The first kappa shape index (κ1) is 22.6.